The molecule has 2 saturated heterocycles. The highest BCUT2D eigenvalue weighted by Crippen LogP contribution is 2.30. The molecule has 0 radical (unpaired) electrons. The largest absolute Gasteiger partial charge is 0.342 e. The van der Waals surface area contributed by atoms with Crippen LogP contribution in [0.3, 0.4) is 0 Å². The predicted octanol–water partition coefficient (Wildman–Crippen LogP) is 1.26. The van der Waals surface area contributed by atoms with Gasteiger partial charge in [-0.15, -0.1) is 0 Å². The fourth-order valence-corrected chi connectivity index (χ4v) is 3.40. The van der Waals surface area contributed by atoms with Gasteiger partial charge in [-0.1, -0.05) is 0 Å². The molecular formula is C10H16N4S. The van der Waals surface area contributed by atoms with E-state index >= 15 is 0 Å². The molecule has 1 N–H and O–H groups in total. The Morgan fingerprint density at radius 2 is 2.40 bits per heavy atom. The van der Waals surface area contributed by atoms with Gasteiger partial charge in [0.2, 0.25) is 5.13 Å². The number of rotatable bonds is 2. The first-order valence-corrected chi connectivity index (χ1v) is 6.49. The normalized spacial score (nSPS) is 31.3. The number of hydrogen-bond donors (Lipinski definition) is 1. The third kappa shape index (κ3) is 1.74. The lowest BCUT2D eigenvalue weighted by molar-refractivity contribution is 0.482. The van der Waals surface area contributed by atoms with Crippen molar-refractivity contribution in [3.8, 4) is 0 Å². The van der Waals surface area contributed by atoms with Crippen LogP contribution in [0.2, 0.25) is 0 Å². The van der Waals surface area contributed by atoms with E-state index in [1.165, 1.54) is 43.8 Å². The monoisotopic (exact) mass is 224 g/mol. The van der Waals surface area contributed by atoms with Crippen molar-refractivity contribution in [2.45, 2.75) is 37.8 Å². The summed E-state index contributed by atoms with van der Waals surface area (Å²) in [6.45, 7) is 2.34. The molecule has 0 amide bonds. The first-order chi connectivity index (χ1) is 7.45. The molecule has 3 rings (SSSR count). The number of nitrogens with one attached hydrogen (secondary N) is 1. The Balaban J connectivity index is 1.77. The van der Waals surface area contributed by atoms with E-state index in [9.17, 15) is 0 Å². The molecule has 2 fully saturated rings. The molecule has 5 heteroatoms. The molecule has 4 nitrogen and oxygen atoms in total. The number of anilines is 1. The van der Waals surface area contributed by atoms with Crippen LogP contribution in [0.25, 0.3) is 0 Å². The fourth-order valence-electron chi connectivity index (χ4n) is 2.78. The lowest BCUT2D eigenvalue weighted by atomic mass is 10.0. The summed E-state index contributed by atoms with van der Waals surface area (Å²) in [5.41, 5.74) is 0. The summed E-state index contributed by atoms with van der Waals surface area (Å²) in [6, 6.07) is 1.33. The first-order valence-electron chi connectivity index (χ1n) is 5.72. The van der Waals surface area contributed by atoms with E-state index in [1.807, 2.05) is 0 Å². The van der Waals surface area contributed by atoms with E-state index in [0.717, 1.165) is 11.7 Å². The Labute approximate surface area is 93.9 Å². The van der Waals surface area contributed by atoms with Crippen molar-refractivity contribution in [2.75, 3.05) is 18.0 Å². The third-order valence-electron chi connectivity index (χ3n) is 3.46. The first kappa shape index (κ1) is 9.54. The summed E-state index contributed by atoms with van der Waals surface area (Å²) in [7, 11) is 0. The molecule has 0 aliphatic carbocycles. The number of aromatic nitrogens is 2. The van der Waals surface area contributed by atoms with E-state index in [4.69, 9.17) is 0 Å². The van der Waals surface area contributed by atoms with Crippen molar-refractivity contribution in [1.29, 1.82) is 0 Å². The number of nitrogens with zero attached hydrogens (tertiary/aromatic N) is 3. The minimum absolute atomic E-state index is 0.653. The maximum Gasteiger partial charge on any atom is 0.205 e. The standard InChI is InChI=1S/C10H16N4S/c1-3-8(11-5-1)9-4-2-6-14(9)10-12-7-13-15-10/h7-9,11H,1-6H2. The molecule has 2 unspecified atom stereocenters. The Morgan fingerprint density at radius 3 is 3.13 bits per heavy atom. The Morgan fingerprint density at radius 1 is 1.40 bits per heavy atom. The van der Waals surface area contributed by atoms with Gasteiger partial charge < -0.3 is 10.2 Å². The highest BCUT2D eigenvalue weighted by Gasteiger charge is 2.34. The van der Waals surface area contributed by atoms with Crippen molar-refractivity contribution in [3.63, 3.8) is 0 Å². The van der Waals surface area contributed by atoms with Gasteiger partial charge in [0, 0.05) is 30.2 Å². The van der Waals surface area contributed by atoms with Gasteiger partial charge in [-0.3, -0.25) is 0 Å². The second-order valence-corrected chi connectivity index (χ2v) is 5.09. The van der Waals surface area contributed by atoms with Crippen LogP contribution >= 0.6 is 11.5 Å². The van der Waals surface area contributed by atoms with Crippen molar-refractivity contribution in [3.05, 3.63) is 6.33 Å². The molecule has 2 aliphatic rings. The molecule has 0 aromatic carbocycles. The van der Waals surface area contributed by atoms with Crippen molar-refractivity contribution in [2.24, 2.45) is 0 Å². The molecule has 1 aromatic rings. The summed E-state index contributed by atoms with van der Waals surface area (Å²) in [5.74, 6) is 0. The van der Waals surface area contributed by atoms with Crippen LogP contribution in [0.5, 0.6) is 0 Å². The molecular weight excluding hydrogens is 208 g/mol. The van der Waals surface area contributed by atoms with Gasteiger partial charge in [0.15, 0.2) is 0 Å². The lowest BCUT2D eigenvalue weighted by Gasteiger charge is -2.28. The Kier molecular flexibility index (Phi) is 2.58. The maximum atomic E-state index is 4.33. The Bertz CT molecular complexity index is 307. The van der Waals surface area contributed by atoms with Crippen LogP contribution in [-0.2, 0) is 0 Å². The average molecular weight is 224 g/mol. The lowest BCUT2D eigenvalue weighted by Crippen LogP contribution is -2.44. The van der Waals surface area contributed by atoms with Crippen LogP contribution in [0, 0.1) is 0 Å². The SMILES string of the molecule is c1nsc(N2CCCC2C2CCCN2)n1. The van der Waals surface area contributed by atoms with E-state index in [1.54, 1.807) is 6.33 Å². The van der Waals surface area contributed by atoms with Crippen molar-refractivity contribution < 1.29 is 0 Å². The molecule has 0 saturated carbocycles. The summed E-state index contributed by atoms with van der Waals surface area (Å²) >= 11 is 1.52. The zero-order valence-corrected chi connectivity index (χ0v) is 9.54. The molecule has 2 aliphatic heterocycles. The second kappa shape index (κ2) is 4.06. The zero-order valence-electron chi connectivity index (χ0n) is 8.72. The van der Waals surface area contributed by atoms with Crippen molar-refractivity contribution in [1.82, 2.24) is 14.7 Å². The van der Waals surface area contributed by atoms with Crippen LogP contribution in [0.1, 0.15) is 25.7 Å². The molecule has 15 heavy (non-hydrogen) atoms. The molecule has 82 valence electrons. The van der Waals surface area contributed by atoms with Gasteiger partial charge in [0.25, 0.3) is 0 Å². The van der Waals surface area contributed by atoms with Gasteiger partial charge in [0.05, 0.1) is 0 Å². The Hall–Kier alpha value is -0.680. The molecule has 0 bridgehead atoms. The third-order valence-corrected chi connectivity index (χ3v) is 4.16. The summed E-state index contributed by atoms with van der Waals surface area (Å²) < 4.78 is 4.10. The topological polar surface area (TPSA) is 41.1 Å². The van der Waals surface area contributed by atoms with Gasteiger partial charge in [-0.2, -0.15) is 4.37 Å². The highest BCUT2D eigenvalue weighted by molar-refractivity contribution is 7.09. The van der Waals surface area contributed by atoms with Crippen LogP contribution in [-0.4, -0.2) is 34.5 Å². The minimum atomic E-state index is 0.653. The number of hydrogen-bond acceptors (Lipinski definition) is 5. The van der Waals surface area contributed by atoms with Gasteiger partial charge in [0.1, 0.15) is 6.33 Å². The minimum Gasteiger partial charge on any atom is -0.342 e. The van der Waals surface area contributed by atoms with Crippen LogP contribution < -0.4 is 10.2 Å². The van der Waals surface area contributed by atoms with Crippen LogP contribution in [0.15, 0.2) is 6.33 Å². The molecule has 2 atom stereocenters. The summed E-state index contributed by atoms with van der Waals surface area (Å²) in [6.07, 6.45) is 6.90. The smallest absolute Gasteiger partial charge is 0.205 e. The van der Waals surface area contributed by atoms with Crippen molar-refractivity contribution >= 4 is 16.7 Å². The van der Waals surface area contributed by atoms with E-state index in [2.05, 4.69) is 19.6 Å². The van der Waals surface area contributed by atoms with E-state index in [0.29, 0.717) is 12.1 Å². The quantitative estimate of drug-likeness (QED) is 0.821. The summed E-state index contributed by atoms with van der Waals surface area (Å²) in [4.78, 5) is 6.77. The molecule has 0 spiro atoms. The fraction of sp³-hybridized carbons (Fsp3) is 0.800. The maximum absolute atomic E-state index is 4.33. The highest BCUT2D eigenvalue weighted by atomic mass is 32.1. The second-order valence-electron chi connectivity index (χ2n) is 4.33. The van der Waals surface area contributed by atoms with Gasteiger partial charge in [-0.05, 0) is 32.2 Å². The zero-order chi connectivity index (χ0) is 10.1. The van der Waals surface area contributed by atoms with E-state index < -0.39 is 0 Å². The van der Waals surface area contributed by atoms with E-state index in [-0.39, 0.29) is 0 Å². The predicted molar refractivity (Wildman–Crippen MR) is 61.3 cm³/mol. The van der Waals surface area contributed by atoms with Gasteiger partial charge in [-0.25, -0.2) is 4.98 Å². The molecule has 1 aromatic heterocycles. The average Bonchev–Trinajstić information content (AvgIpc) is 3.01. The van der Waals surface area contributed by atoms with Gasteiger partial charge >= 0.3 is 0 Å². The summed E-state index contributed by atoms with van der Waals surface area (Å²) in [5, 5.41) is 4.71. The van der Waals surface area contributed by atoms with Crippen LogP contribution in [0.4, 0.5) is 5.13 Å². The molecule has 3 heterocycles.